The van der Waals surface area contributed by atoms with E-state index in [2.05, 4.69) is 19.7 Å². The zero-order valence-electron chi connectivity index (χ0n) is 9.49. The van der Waals surface area contributed by atoms with Crippen LogP contribution in [0, 0.1) is 0 Å². The summed E-state index contributed by atoms with van der Waals surface area (Å²) in [7, 11) is 0. The van der Waals surface area contributed by atoms with Crippen molar-refractivity contribution in [1.82, 2.24) is 19.7 Å². The topological polar surface area (TPSA) is 73.1 Å². The minimum Gasteiger partial charge on any atom is -0.468 e. The van der Waals surface area contributed by atoms with Gasteiger partial charge in [0.15, 0.2) is 0 Å². The first-order valence-corrected chi connectivity index (χ1v) is 5.72. The maximum atomic E-state index is 5.85. The van der Waals surface area contributed by atoms with Gasteiger partial charge in [-0.3, -0.25) is 4.90 Å². The van der Waals surface area contributed by atoms with E-state index >= 15 is 0 Å². The lowest BCUT2D eigenvalue weighted by atomic mass is 10.1. The van der Waals surface area contributed by atoms with Crippen LogP contribution in [0.25, 0.3) is 0 Å². The maximum Gasteiger partial charge on any atom is 0.147 e. The molecule has 2 aromatic rings. The third-order valence-corrected chi connectivity index (χ3v) is 3.20. The van der Waals surface area contributed by atoms with E-state index in [0.717, 1.165) is 31.2 Å². The lowest BCUT2D eigenvalue weighted by Crippen LogP contribution is -2.39. The average molecular weight is 233 g/mol. The third kappa shape index (κ3) is 1.85. The van der Waals surface area contributed by atoms with Gasteiger partial charge in [0.05, 0.1) is 18.8 Å². The number of fused-ring (bicyclic) bond motifs is 1. The van der Waals surface area contributed by atoms with E-state index in [1.165, 1.54) is 0 Å². The SMILES string of the molecule is NCC(c1ccco1)N1CCn2cnnc2C1. The van der Waals surface area contributed by atoms with E-state index in [4.69, 9.17) is 10.2 Å². The van der Waals surface area contributed by atoms with E-state index in [1.54, 1.807) is 12.6 Å². The Hall–Kier alpha value is -1.66. The Labute approximate surface area is 99.0 Å². The van der Waals surface area contributed by atoms with Crippen LogP contribution < -0.4 is 5.73 Å². The molecule has 17 heavy (non-hydrogen) atoms. The number of hydrogen-bond acceptors (Lipinski definition) is 5. The van der Waals surface area contributed by atoms with E-state index in [9.17, 15) is 0 Å². The van der Waals surface area contributed by atoms with E-state index < -0.39 is 0 Å². The van der Waals surface area contributed by atoms with Crippen molar-refractivity contribution in [3.8, 4) is 0 Å². The van der Waals surface area contributed by atoms with Crippen molar-refractivity contribution < 1.29 is 4.42 Å². The average Bonchev–Trinajstić information content (AvgIpc) is 2.99. The molecule has 1 unspecified atom stereocenters. The second kappa shape index (κ2) is 4.31. The van der Waals surface area contributed by atoms with Crippen LogP contribution in [-0.4, -0.2) is 32.8 Å². The van der Waals surface area contributed by atoms with Crippen LogP contribution in [0.3, 0.4) is 0 Å². The molecule has 0 spiro atoms. The molecule has 1 aliphatic heterocycles. The van der Waals surface area contributed by atoms with Crippen LogP contribution in [0.2, 0.25) is 0 Å². The largest absolute Gasteiger partial charge is 0.468 e. The summed E-state index contributed by atoms with van der Waals surface area (Å²) in [5.41, 5.74) is 5.85. The smallest absolute Gasteiger partial charge is 0.147 e. The number of nitrogens with zero attached hydrogens (tertiary/aromatic N) is 4. The molecule has 6 heteroatoms. The Balaban J connectivity index is 1.81. The van der Waals surface area contributed by atoms with Crippen molar-refractivity contribution in [2.75, 3.05) is 13.1 Å². The summed E-state index contributed by atoms with van der Waals surface area (Å²) in [6, 6.07) is 3.98. The molecule has 3 rings (SSSR count). The van der Waals surface area contributed by atoms with Crippen LogP contribution in [0.5, 0.6) is 0 Å². The number of aromatic nitrogens is 3. The summed E-state index contributed by atoms with van der Waals surface area (Å²) in [4.78, 5) is 2.28. The van der Waals surface area contributed by atoms with Gasteiger partial charge in [-0.1, -0.05) is 0 Å². The van der Waals surface area contributed by atoms with E-state index in [-0.39, 0.29) is 6.04 Å². The molecule has 2 N–H and O–H groups in total. The van der Waals surface area contributed by atoms with Crippen molar-refractivity contribution in [3.63, 3.8) is 0 Å². The highest BCUT2D eigenvalue weighted by Gasteiger charge is 2.26. The van der Waals surface area contributed by atoms with Crippen LogP contribution in [0.1, 0.15) is 17.6 Å². The first kappa shape index (κ1) is 10.5. The van der Waals surface area contributed by atoms with Gasteiger partial charge in [0.2, 0.25) is 0 Å². The Bertz CT molecular complexity index is 478. The fourth-order valence-electron chi connectivity index (χ4n) is 2.28. The van der Waals surface area contributed by atoms with Gasteiger partial charge in [0, 0.05) is 19.6 Å². The Morgan fingerprint density at radius 1 is 1.47 bits per heavy atom. The monoisotopic (exact) mass is 233 g/mol. The standard InChI is InChI=1S/C11H15N5O/c12-6-9(10-2-1-5-17-10)15-3-4-16-8-13-14-11(16)7-15/h1-2,5,8-9H,3-4,6-7,12H2. The van der Waals surface area contributed by atoms with Crippen molar-refractivity contribution in [2.24, 2.45) is 5.73 Å². The molecular weight excluding hydrogens is 218 g/mol. The molecule has 0 aliphatic carbocycles. The van der Waals surface area contributed by atoms with E-state index in [1.807, 2.05) is 12.1 Å². The van der Waals surface area contributed by atoms with Gasteiger partial charge >= 0.3 is 0 Å². The van der Waals surface area contributed by atoms with Gasteiger partial charge in [-0.05, 0) is 12.1 Å². The van der Waals surface area contributed by atoms with Gasteiger partial charge in [-0.2, -0.15) is 0 Å². The van der Waals surface area contributed by atoms with Crippen molar-refractivity contribution in [2.45, 2.75) is 19.1 Å². The summed E-state index contributed by atoms with van der Waals surface area (Å²) in [5.74, 6) is 1.90. The lowest BCUT2D eigenvalue weighted by Gasteiger charge is -2.32. The molecule has 0 bridgehead atoms. The number of hydrogen-bond donors (Lipinski definition) is 1. The minimum absolute atomic E-state index is 0.121. The van der Waals surface area contributed by atoms with Gasteiger partial charge in [0.25, 0.3) is 0 Å². The number of nitrogens with two attached hydrogens (primary N) is 1. The number of rotatable bonds is 3. The third-order valence-electron chi connectivity index (χ3n) is 3.20. The summed E-state index contributed by atoms with van der Waals surface area (Å²) >= 11 is 0. The van der Waals surface area contributed by atoms with Crippen molar-refractivity contribution in [1.29, 1.82) is 0 Å². The minimum atomic E-state index is 0.121. The predicted octanol–water partition coefficient (Wildman–Crippen LogP) is 0.387. The van der Waals surface area contributed by atoms with Crippen molar-refractivity contribution >= 4 is 0 Å². The molecule has 1 atom stereocenters. The molecule has 1 aliphatic rings. The second-order valence-corrected chi connectivity index (χ2v) is 4.18. The molecule has 90 valence electrons. The molecule has 0 saturated carbocycles. The first-order valence-electron chi connectivity index (χ1n) is 5.72. The van der Waals surface area contributed by atoms with Crippen LogP contribution >= 0.6 is 0 Å². The predicted molar refractivity (Wildman–Crippen MR) is 60.9 cm³/mol. The molecule has 0 radical (unpaired) electrons. The highest BCUT2D eigenvalue weighted by atomic mass is 16.3. The molecule has 6 nitrogen and oxygen atoms in total. The summed E-state index contributed by atoms with van der Waals surface area (Å²) < 4.78 is 7.52. The zero-order valence-corrected chi connectivity index (χ0v) is 9.49. The van der Waals surface area contributed by atoms with Gasteiger partial charge in [-0.25, -0.2) is 0 Å². The molecule has 0 amide bonds. The van der Waals surface area contributed by atoms with Crippen molar-refractivity contribution in [3.05, 3.63) is 36.3 Å². The zero-order chi connectivity index (χ0) is 11.7. The Kier molecular flexibility index (Phi) is 2.66. The molecular formula is C11H15N5O. The maximum absolute atomic E-state index is 5.85. The molecule has 0 saturated heterocycles. The summed E-state index contributed by atoms with van der Waals surface area (Å²) in [6.07, 6.45) is 3.46. The molecule has 0 fully saturated rings. The van der Waals surface area contributed by atoms with Gasteiger partial charge < -0.3 is 14.7 Å². The van der Waals surface area contributed by atoms with Crippen LogP contribution in [0.15, 0.2) is 29.1 Å². The number of furan rings is 1. The Morgan fingerprint density at radius 2 is 2.41 bits per heavy atom. The highest BCUT2D eigenvalue weighted by molar-refractivity contribution is 5.06. The molecule has 3 heterocycles. The second-order valence-electron chi connectivity index (χ2n) is 4.18. The fourth-order valence-corrected chi connectivity index (χ4v) is 2.28. The molecule has 0 aromatic carbocycles. The normalized spacial score (nSPS) is 17.9. The van der Waals surface area contributed by atoms with Crippen LogP contribution in [0.4, 0.5) is 0 Å². The Morgan fingerprint density at radius 3 is 3.18 bits per heavy atom. The lowest BCUT2D eigenvalue weighted by molar-refractivity contribution is 0.139. The van der Waals surface area contributed by atoms with E-state index in [0.29, 0.717) is 6.54 Å². The summed E-state index contributed by atoms with van der Waals surface area (Å²) in [6.45, 7) is 3.15. The highest BCUT2D eigenvalue weighted by Crippen LogP contribution is 2.23. The molecule has 2 aromatic heterocycles. The first-order chi connectivity index (χ1) is 8.38. The van der Waals surface area contributed by atoms with Crippen LogP contribution in [-0.2, 0) is 13.1 Å². The van der Waals surface area contributed by atoms with Gasteiger partial charge in [0.1, 0.15) is 17.9 Å². The van der Waals surface area contributed by atoms with Gasteiger partial charge in [-0.15, -0.1) is 10.2 Å². The summed E-state index contributed by atoms with van der Waals surface area (Å²) in [5, 5.41) is 8.02. The quantitative estimate of drug-likeness (QED) is 0.830. The fraction of sp³-hybridized carbons (Fsp3) is 0.455.